The van der Waals surface area contributed by atoms with E-state index in [1.54, 1.807) is 0 Å². The summed E-state index contributed by atoms with van der Waals surface area (Å²) in [5.41, 5.74) is 0.890. The molecule has 3 heteroatoms. The highest BCUT2D eigenvalue weighted by atomic mass is 32.2. The molecule has 100 valence electrons. The van der Waals surface area contributed by atoms with E-state index >= 15 is 0 Å². The van der Waals surface area contributed by atoms with E-state index in [2.05, 4.69) is 49.8 Å². The van der Waals surface area contributed by atoms with Gasteiger partial charge in [0, 0.05) is 30.4 Å². The van der Waals surface area contributed by atoms with Gasteiger partial charge in [-0.2, -0.15) is 11.8 Å². The molecule has 17 heavy (non-hydrogen) atoms. The zero-order valence-electron chi connectivity index (χ0n) is 11.9. The first-order valence-corrected chi connectivity index (χ1v) is 8.13. The van der Waals surface area contributed by atoms with Crippen LogP contribution < -0.4 is 5.32 Å². The molecule has 0 aromatic carbocycles. The molecule has 0 bridgehead atoms. The molecule has 1 N–H and O–H groups in total. The summed E-state index contributed by atoms with van der Waals surface area (Å²) in [6.07, 6.45) is 3.96. The van der Waals surface area contributed by atoms with Crippen LogP contribution in [0.4, 0.5) is 0 Å². The third-order valence-electron chi connectivity index (χ3n) is 5.01. The number of rotatable bonds is 2. The number of hydrogen-bond donors (Lipinski definition) is 1. The van der Waals surface area contributed by atoms with E-state index in [1.807, 2.05) is 0 Å². The van der Waals surface area contributed by atoms with Gasteiger partial charge in [-0.15, -0.1) is 0 Å². The van der Waals surface area contributed by atoms with Gasteiger partial charge >= 0.3 is 0 Å². The first kappa shape index (κ1) is 13.7. The largest absolute Gasteiger partial charge is 0.314 e. The summed E-state index contributed by atoms with van der Waals surface area (Å²) in [5, 5.41) is 3.49. The molecule has 2 heterocycles. The summed E-state index contributed by atoms with van der Waals surface area (Å²) in [4.78, 5) is 2.76. The Bertz CT molecular complexity index is 257. The Kier molecular flexibility index (Phi) is 4.11. The van der Waals surface area contributed by atoms with E-state index < -0.39 is 0 Å². The van der Waals surface area contributed by atoms with E-state index in [4.69, 9.17) is 0 Å². The van der Waals surface area contributed by atoms with Crippen molar-refractivity contribution in [2.45, 2.75) is 51.6 Å². The van der Waals surface area contributed by atoms with Gasteiger partial charge in [-0.3, -0.25) is 4.90 Å². The van der Waals surface area contributed by atoms with E-state index in [9.17, 15) is 0 Å². The minimum Gasteiger partial charge on any atom is -0.314 e. The summed E-state index contributed by atoms with van der Waals surface area (Å²) in [5.74, 6) is 2.69. The molecule has 0 saturated carbocycles. The van der Waals surface area contributed by atoms with Gasteiger partial charge in [0.05, 0.1) is 0 Å². The fraction of sp³-hybridized carbons (Fsp3) is 1.00. The Morgan fingerprint density at radius 2 is 1.76 bits per heavy atom. The lowest BCUT2D eigenvalue weighted by molar-refractivity contribution is 0.0532. The van der Waals surface area contributed by atoms with Crippen LogP contribution in [-0.4, -0.2) is 48.1 Å². The van der Waals surface area contributed by atoms with Crippen LogP contribution in [0.2, 0.25) is 0 Å². The summed E-state index contributed by atoms with van der Waals surface area (Å²) in [6, 6.07) is 0.794. The first-order chi connectivity index (χ1) is 7.97. The molecule has 0 aliphatic carbocycles. The molecule has 2 rings (SSSR count). The van der Waals surface area contributed by atoms with Crippen LogP contribution in [0.3, 0.4) is 0 Å². The van der Waals surface area contributed by atoms with Crippen molar-refractivity contribution in [1.29, 1.82) is 0 Å². The third kappa shape index (κ3) is 2.99. The van der Waals surface area contributed by atoms with Crippen molar-refractivity contribution >= 4 is 11.8 Å². The average Bonchev–Trinajstić information content (AvgIpc) is 2.30. The van der Waals surface area contributed by atoms with Crippen molar-refractivity contribution < 1.29 is 0 Å². The number of nitrogens with zero attached hydrogens (tertiary/aromatic N) is 1. The molecular formula is C14H28N2S. The van der Waals surface area contributed by atoms with Gasteiger partial charge in [-0.05, 0) is 44.4 Å². The Morgan fingerprint density at radius 3 is 2.29 bits per heavy atom. The monoisotopic (exact) mass is 256 g/mol. The lowest BCUT2D eigenvalue weighted by Gasteiger charge is -2.49. The maximum Gasteiger partial charge on any atom is 0.0237 e. The van der Waals surface area contributed by atoms with Crippen LogP contribution in [0.5, 0.6) is 0 Å². The molecule has 2 aliphatic rings. The molecule has 0 radical (unpaired) electrons. The van der Waals surface area contributed by atoms with Crippen molar-refractivity contribution in [2.75, 3.05) is 31.6 Å². The van der Waals surface area contributed by atoms with Gasteiger partial charge in [0.15, 0.2) is 0 Å². The maximum atomic E-state index is 3.49. The Balaban J connectivity index is 1.96. The molecular weight excluding hydrogens is 228 g/mol. The zero-order chi connectivity index (χ0) is 12.5. The number of piperidine rings is 1. The summed E-state index contributed by atoms with van der Waals surface area (Å²) in [6.45, 7) is 9.83. The zero-order valence-corrected chi connectivity index (χ0v) is 12.7. The Hall–Kier alpha value is 0.270. The summed E-state index contributed by atoms with van der Waals surface area (Å²) in [7, 11) is 2.11. The fourth-order valence-electron chi connectivity index (χ4n) is 3.10. The molecule has 2 aliphatic heterocycles. The second-order valence-electron chi connectivity index (χ2n) is 6.68. The van der Waals surface area contributed by atoms with Crippen molar-refractivity contribution in [3.8, 4) is 0 Å². The van der Waals surface area contributed by atoms with Crippen LogP contribution in [0.15, 0.2) is 0 Å². The predicted octanol–water partition coefficient (Wildman–Crippen LogP) is 2.59. The van der Waals surface area contributed by atoms with Gasteiger partial charge in [0.1, 0.15) is 0 Å². The van der Waals surface area contributed by atoms with Crippen molar-refractivity contribution in [2.24, 2.45) is 5.41 Å². The molecule has 1 unspecified atom stereocenters. The third-order valence-corrected chi connectivity index (χ3v) is 6.06. The smallest absolute Gasteiger partial charge is 0.0237 e. The first-order valence-electron chi connectivity index (χ1n) is 6.98. The molecule has 0 aromatic heterocycles. The lowest BCUT2D eigenvalue weighted by atomic mass is 9.79. The molecule has 2 saturated heterocycles. The quantitative estimate of drug-likeness (QED) is 0.817. The van der Waals surface area contributed by atoms with Gasteiger partial charge in [-0.1, -0.05) is 13.8 Å². The minimum absolute atomic E-state index is 0.377. The SMILES string of the molecule is CNC1(C)CCN(C2CSCCC2(C)C)CC1. The Morgan fingerprint density at radius 1 is 1.12 bits per heavy atom. The van der Waals surface area contributed by atoms with Crippen molar-refractivity contribution in [3.05, 3.63) is 0 Å². The van der Waals surface area contributed by atoms with Gasteiger partial charge < -0.3 is 5.32 Å². The Labute approximate surface area is 111 Å². The number of hydrogen-bond acceptors (Lipinski definition) is 3. The van der Waals surface area contributed by atoms with Crippen LogP contribution in [0.1, 0.15) is 40.0 Å². The van der Waals surface area contributed by atoms with Crippen LogP contribution >= 0.6 is 11.8 Å². The maximum absolute atomic E-state index is 3.49. The lowest BCUT2D eigenvalue weighted by Crippen LogP contribution is -2.57. The standard InChI is InChI=1S/C14H28N2S/c1-13(2)7-10-17-11-12(13)16-8-5-14(3,15-4)6-9-16/h12,15H,5-11H2,1-4H3. The van der Waals surface area contributed by atoms with Crippen LogP contribution in [0, 0.1) is 5.41 Å². The molecule has 2 fully saturated rings. The minimum atomic E-state index is 0.377. The summed E-state index contributed by atoms with van der Waals surface area (Å²) >= 11 is 2.15. The second-order valence-corrected chi connectivity index (χ2v) is 7.83. The highest BCUT2D eigenvalue weighted by molar-refractivity contribution is 7.99. The predicted molar refractivity (Wildman–Crippen MR) is 77.8 cm³/mol. The number of nitrogens with one attached hydrogen (secondary N) is 1. The van der Waals surface area contributed by atoms with Crippen LogP contribution in [-0.2, 0) is 0 Å². The van der Waals surface area contributed by atoms with E-state index in [0.717, 1.165) is 6.04 Å². The summed E-state index contributed by atoms with van der Waals surface area (Å²) < 4.78 is 0. The normalized spacial score (nSPS) is 33.5. The molecule has 1 atom stereocenters. The van der Waals surface area contributed by atoms with E-state index in [0.29, 0.717) is 11.0 Å². The van der Waals surface area contributed by atoms with Crippen molar-refractivity contribution in [1.82, 2.24) is 10.2 Å². The van der Waals surface area contributed by atoms with Crippen molar-refractivity contribution in [3.63, 3.8) is 0 Å². The van der Waals surface area contributed by atoms with Gasteiger partial charge in [-0.25, -0.2) is 0 Å². The highest BCUT2D eigenvalue weighted by Gasteiger charge is 2.39. The topological polar surface area (TPSA) is 15.3 Å². The molecule has 0 aromatic rings. The van der Waals surface area contributed by atoms with Gasteiger partial charge in [0.2, 0.25) is 0 Å². The fourth-order valence-corrected chi connectivity index (χ4v) is 4.82. The highest BCUT2D eigenvalue weighted by Crippen LogP contribution is 2.39. The second kappa shape index (κ2) is 5.10. The van der Waals surface area contributed by atoms with E-state index in [1.165, 1.54) is 43.9 Å². The molecule has 0 spiro atoms. The number of thioether (sulfide) groups is 1. The number of likely N-dealkylation sites (tertiary alicyclic amines) is 1. The molecule has 2 nitrogen and oxygen atoms in total. The van der Waals surface area contributed by atoms with Gasteiger partial charge in [0.25, 0.3) is 0 Å². The van der Waals surface area contributed by atoms with E-state index in [-0.39, 0.29) is 0 Å². The van der Waals surface area contributed by atoms with Crippen LogP contribution in [0.25, 0.3) is 0 Å². The average molecular weight is 256 g/mol. The molecule has 0 amide bonds.